The number of aromatic nitrogens is 1. The first kappa shape index (κ1) is 24.9. The van der Waals surface area contributed by atoms with Gasteiger partial charge in [-0.1, -0.05) is 17.7 Å². The van der Waals surface area contributed by atoms with Crippen molar-refractivity contribution in [2.45, 2.75) is 19.2 Å². The third-order valence-electron chi connectivity index (χ3n) is 5.80. The molecule has 0 radical (unpaired) electrons. The summed E-state index contributed by atoms with van der Waals surface area (Å²) in [6.45, 7) is 4.73. The van der Waals surface area contributed by atoms with Gasteiger partial charge >= 0.3 is 6.18 Å². The van der Waals surface area contributed by atoms with Crippen molar-refractivity contribution in [2.24, 2.45) is 0 Å². The van der Waals surface area contributed by atoms with Crippen LogP contribution in [0.2, 0.25) is 0 Å². The van der Waals surface area contributed by atoms with Crippen molar-refractivity contribution < 1.29 is 27.8 Å². The van der Waals surface area contributed by atoms with Crippen molar-refractivity contribution in [1.82, 2.24) is 20.3 Å². The van der Waals surface area contributed by atoms with Crippen LogP contribution < -0.4 is 10.2 Å². The summed E-state index contributed by atoms with van der Waals surface area (Å²) in [7, 11) is 0. The van der Waals surface area contributed by atoms with Crippen LogP contribution >= 0.6 is 0 Å². The van der Waals surface area contributed by atoms with Crippen LogP contribution in [0.25, 0.3) is 10.9 Å². The number of nitrogens with one attached hydrogen (secondary N) is 1. The minimum absolute atomic E-state index is 0.0323. The fraction of sp³-hybridized carbons (Fsp3) is 0.360. The summed E-state index contributed by atoms with van der Waals surface area (Å²) in [5.41, 5.74) is 4.38. The molecule has 0 spiro atoms. The van der Waals surface area contributed by atoms with Crippen LogP contribution in [0.4, 0.5) is 13.2 Å². The molecule has 1 unspecified atom stereocenters. The SMILES string of the molecule is Cc1ccc2nc(C(=O)NN3CCN(CC(O)COc4ccc(C(F)(F)F)cc4)CC3)ccc2c1. The van der Waals surface area contributed by atoms with Crippen molar-refractivity contribution >= 4 is 16.8 Å². The molecule has 4 rings (SSSR count). The molecule has 1 atom stereocenters. The molecule has 7 nitrogen and oxygen atoms in total. The predicted octanol–water partition coefficient (Wildman–Crippen LogP) is 3.26. The molecule has 1 amide bonds. The van der Waals surface area contributed by atoms with Crippen molar-refractivity contribution in [3.05, 3.63) is 71.4 Å². The molecule has 186 valence electrons. The van der Waals surface area contributed by atoms with Crippen molar-refractivity contribution in [3.63, 3.8) is 0 Å². The molecule has 2 heterocycles. The molecule has 0 bridgehead atoms. The lowest BCUT2D eigenvalue weighted by Gasteiger charge is -2.35. The summed E-state index contributed by atoms with van der Waals surface area (Å²) in [4.78, 5) is 19.1. The molecule has 2 N–H and O–H groups in total. The highest BCUT2D eigenvalue weighted by Crippen LogP contribution is 2.30. The van der Waals surface area contributed by atoms with E-state index in [4.69, 9.17) is 4.74 Å². The van der Waals surface area contributed by atoms with Gasteiger partial charge in [0.15, 0.2) is 0 Å². The number of carbonyl (C=O) groups excluding carboxylic acids is 1. The van der Waals surface area contributed by atoms with E-state index in [1.807, 2.05) is 41.1 Å². The van der Waals surface area contributed by atoms with Crippen molar-refractivity contribution in [3.8, 4) is 5.75 Å². The van der Waals surface area contributed by atoms with Gasteiger partial charge < -0.3 is 9.84 Å². The number of rotatable bonds is 7. The quantitative estimate of drug-likeness (QED) is 0.532. The molecule has 1 aliphatic rings. The summed E-state index contributed by atoms with van der Waals surface area (Å²) in [6.07, 6.45) is -5.20. The fourth-order valence-electron chi connectivity index (χ4n) is 3.90. The second-order valence-corrected chi connectivity index (χ2v) is 8.61. The third-order valence-corrected chi connectivity index (χ3v) is 5.80. The molecule has 1 saturated heterocycles. The van der Waals surface area contributed by atoms with Crippen LogP contribution in [0.1, 0.15) is 21.6 Å². The van der Waals surface area contributed by atoms with Crippen LogP contribution in [0.3, 0.4) is 0 Å². The summed E-state index contributed by atoms with van der Waals surface area (Å²) < 4.78 is 43.3. The third kappa shape index (κ3) is 6.68. The number of hydrogen-bond acceptors (Lipinski definition) is 6. The lowest BCUT2D eigenvalue weighted by atomic mass is 10.1. The zero-order valence-electron chi connectivity index (χ0n) is 19.3. The smallest absolute Gasteiger partial charge is 0.416 e. The molecular weight excluding hydrogens is 461 g/mol. The van der Waals surface area contributed by atoms with Gasteiger partial charge in [0.05, 0.1) is 11.1 Å². The van der Waals surface area contributed by atoms with E-state index in [1.54, 1.807) is 6.07 Å². The van der Waals surface area contributed by atoms with Gasteiger partial charge in [-0.15, -0.1) is 0 Å². The van der Waals surface area contributed by atoms with E-state index >= 15 is 0 Å². The second kappa shape index (κ2) is 10.6. The van der Waals surface area contributed by atoms with Gasteiger partial charge in [-0.3, -0.25) is 15.1 Å². The Hall–Kier alpha value is -3.21. The molecular formula is C25H27F3N4O3. The number of aliphatic hydroxyl groups is 1. The molecule has 35 heavy (non-hydrogen) atoms. The van der Waals surface area contributed by atoms with E-state index in [2.05, 4.69) is 10.4 Å². The molecule has 0 aliphatic carbocycles. The van der Waals surface area contributed by atoms with Crippen LogP contribution in [0.5, 0.6) is 5.75 Å². The van der Waals surface area contributed by atoms with Crippen molar-refractivity contribution in [1.29, 1.82) is 0 Å². The molecule has 2 aromatic carbocycles. The fourth-order valence-corrected chi connectivity index (χ4v) is 3.90. The Kier molecular flexibility index (Phi) is 7.54. The number of aliphatic hydroxyl groups excluding tert-OH is 1. The minimum Gasteiger partial charge on any atom is -0.491 e. The maximum absolute atomic E-state index is 12.6. The van der Waals surface area contributed by atoms with Crippen molar-refractivity contribution in [2.75, 3.05) is 39.3 Å². The number of piperazine rings is 1. The highest BCUT2D eigenvalue weighted by molar-refractivity contribution is 5.94. The number of carbonyl (C=O) groups is 1. The van der Waals surface area contributed by atoms with Crippen LogP contribution in [0, 0.1) is 6.92 Å². The number of benzene rings is 2. The largest absolute Gasteiger partial charge is 0.491 e. The van der Waals surface area contributed by atoms with Gasteiger partial charge in [-0.2, -0.15) is 13.2 Å². The average molecular weight is 489 g/mol. The zero-order chi connectivity index (χ0) is 25.0. The number of alkyl halides is 3. The predicted molar refractivity (Wildman–Crippen MR) is 125 cm³/mol. The minimum atomic E-state index is -4.40. The van der Waals surface area contributed by atoms with Gasteiger partial charge in [0.25, 0.3) is 5.91 Å². The molecule has 1 aliphatic heterocycles. The van der Waals surface area contributed by atoms with E-state index in [0.29, 0.717) is 38.4 Å². The maximum atomic E-state index is 12.6. The number of fused-ring (bicyclic) bond motifs is 1. The van der Waals surface area contributed by atoms with Gasteiger partial charge in [0.2, 0.25) is 0 Å². The Bertz CT molecular complexity index is 1160. The highest BCUT2D eigenvalue weighted by Gasteiger charge is 2.30. The average Bonchev–Trinajstić information content (AvgIpc) is 2.83. The Morgan fingerprint density at radius 3 is 2.49 bits per heavy atom. The summed E-state index contributed by atoms with van der Waals surface area (Å²) >= 11 is 0. The Morgan fingerprint density at radius 2 is 1.80 bits per heavy atom. The number of pyridine rings is 1. The number of aryl methyl sites for hydroxylation is 1. The first-order chi connectivity index (χ1) is 16.7. The first-order valence-corrected chi connectivity index (χ1v) is 11.3. The number of nitrogens with zero attached hydrogens (tertiary/aromatic N) is 3. The highest BCUT2D eigenvalue weighted by atomic mass is 19.4. The topological polar surface area (TPSA) is 77.9 Å². The summed E-state index contributed by atoms with van der Waals surface area (Å²) in [5.74, 6) is -0.00656. The van der Waals surface area contributed by atoms with Crippen LogP contribution in [0.15, 0.2) is 54.6 Å². The molecule has 0 saturated carbocycles. The second-order valence-electron chi connectivity index (χ2n) is 8.61. The normalized spacial score (nSPS) is 16.3. The zero-order valence-corrected chi connectivity index (χ0v) is 19.3. The van der Waals surface area contributed by atoms with Crippen LogP contribution in [-0.2, 0) is 6.18 Å². The first-order valence-electron chi connectivity index (χ1n) is 11.3. The van der Waals surface area contributed by atoms with Gasteiger partial charge in [0.1, 0.15) is 24.2 Å². The van der Waals surface area contributed by atoms with Gasteiger partial charge in [-0.25, -0.2) is 9.99 Å². The number of ether oxygens (including phenoxy) is 1. The summed E-state index contributed by atoms with van der Waals surface area (Å²) in [6, 6.07) is 13.8. The van der Waals surface area contributed by atoms with E-state index in [-0.39, 0.29) is 18.3 Å². The lowest BCUT2D eigenvalue weighted by molar-refractivity contribution is -0.137. The number of hydrogen-bond donors (Lipinski definition) is 2. The monoisotopic (exact) mass is 488 g/mol. The summed E-state index contributed by atoms with van der Waals surface area (Å²) in [5, 5.41) is 13.1. The maximum Gasteiger partial charge on any atom is 0.416 e. The molecule has 1 aromatic heterocycles. The lowest BCUT2D eigenvalue weighted by Crippen LogP contribution is -2.55. The van der Waals surface area contributed by atoms with Gasteiger partial charge in [0, 0.05) is 38.1 Å². The number of hydrazine groups is 1. The molecule has 10 heteroatoms. The number of amides is 1. The van der Waals surface area contributed by atoms with Gasteiger partial charge in [-0.05, 0) is 49.4 Å². The molecule has 1 fully saturated rings. The standard InChI is InChI=1S/C25H27F3N4O3/c1-17-2-8-22-18(14-17)3-9-23(29-22)24(34)30-32-12-10-31(11-13-32)15-20(33)16-35-21-6-4-19(5-7-21)25(26,27)28/h2-9,14,20,33H,10-13,15-16H2,1H3,(H,30,34). The van der Waals surface area contributed by atoms with E-state index in [9.17, 15) is 23.1 Å². The number of β-amino-alcohol motifs (C(OH)–C–C–N with tert-alkyl or cyclic N) is 1. The Balaban J connectivity index is 1.20. The van der Waals surface area contributed by atoms with E-state index in [1.165, 1.54) is 12.1 Å². The Morgan fingerprint density at radius 1 is 1.09 bits per heavy atom. The van der Waals surface area contributed by atoms with E-state index in [0.717, 1.165) is 28.6 Å². The van der Waals surface area contributed by atoms with Crippen LogP contribution in [-0.4, -0.2) is 71.3 Å². The Labute approximate surface area is 201 Å². The molecule has 3 aromatic rings. The number of halogens is 3. The van der Waals surface area contributed by atoms with E-state index < -0.39 is 17.8 Å².